The summed E-state index contributed by atoms with van der Waals surface area (Å²) in [6.07, 6.45) is 1.81. The van der Waals surface area contributed by atoms with Gasteiger partial charge in [0.1, 0.15) is 29.7 Å². The molecule has 0 spiro atoms. The Kier molecular flexibility index (Phi) is 6.82. The Morgan fingerprint density at radius 2 is 1.78 bits per heavy atom. The van der Waals surface area contributed by atoms with Crippen LogP contribution in [0.3, 0.4) is 0 Å². The molecule has 0 bridgehead atoms. The van der Waals surface area contributed by atoms with E-state index in [1.165, 1.54) is 32.4 Å². The predicted molar refractivity (Wildman–Crippen MR) is 142 cm³/mol. The Balaban J connectivity index is 1.50. The minimum Gasteiger partial charge on any atom is -0.492 e. The Morgan fingerprint density at radius 3 is 2.43 bits per heavy atom. The Bertz CT molecular complexity index is 1250. The number of H-pyrrole nitrogens is 1. The molecule has 3 heterocycles. The summed E-state index contributed by atoms with van der Waals surface area (Å²) >= 11 is 0. The van der Waals surface area contributed by atoms with Crippen LogP contribution < -0.4 is 4.74 Å². The Morgan fingerprint density at radius 1 is 1.11 bits per heavy atom. The second-order valence-electron chi connectivity index (χ2n) is 12.0. The first kappa shape index (κ1) is 26.1. The number of fused-ring (bicyclic) bond motifs is 3. The predicted octanol–water partition coefficient (Wildman–Crippen LogP) is 6.64. The lowest BCUT2D eigenvalue weighted by Gasteiger charge is -2.49. The van der Waals surface area contributed by atoms with E-state index in [-0.39, 0.29) is 17.9 Å². The zero-order valence-corrected chi connectivity index (χ0v) is 22.5. The number of aromatic nitrogens is 1. The van der Waals surface area contributed by atoms with E-state index in [0.29, 0.717) is 13.0 Å². The molecule has 4 nitrogen and oxygen atoms in total. The third kappa shape index (κ3) is 5.13. The van der Waals surface area contributed by atoms with Crippen LogP contribution in [0.1, 0.15) is 63.9 Å². The van der Waals surface area contributed by atoms with Crippen molar-refractivity contribution in [1.82, 2.24) is 14.8 Å². The zero-order chi connectivity index (χ0) is 26.5. The molecule has 0 radical (unpaired) electrons. The molecule has 37 heavy (non-hydrogen) atoms. The molecule has 0 unspecified atom stereocenters. The van der Waals surface area contributed by atoms with Gasteiger partial charge < -0.3 is 9.72 Å². The van der Waals surface area contributed by atoms with Crippen LogP contribution in [0.4, 0.5) is 13.2 Å². The molecule has 0 aliphatic carbocycles. The van der Waals surface area contributed by atoms with E-state index in [1.54, 1.807) is 0 Å². The van der Waals surface area contributed by atoms with Crippen molar-refractivity contribution in [2.24, 2.45) is 5.92 Å². The maximum absolute atomic E-state index is 15.8. The van der Waals surface area contributed by atoms with Crippen LogP contribution in [0, 0.1) is 17.6 Å². The van der Waals surface area contributed by atoms with Gasteiger partial charge in [-0.15, -0.1) is 0 Å². The van der Waals surface area contributed by atoms with Gasteiger partial charge in [-0.1, -0.05) is 31.5 Å². The van der Waals surface area contributed by atoms with Crippen molar-refractivity contribution in [2.75, 3.05) is 32.8 Å². The summed E-state index contributed by atoms with van der Waals surface area (Å²) in [6, 6.07) is 9.62. The average Bonchev–Trinajstić information content (AvgIpc) is 3.13. The van der Waals surface area contributed by atoms with Gasteiger partial charge in [0, 0.05) is 66.0 Å². The van der Waals surface area contributed by atoms with Crippen LogP contribution >= 0.6 is 0 Å². The summed E-state index contributed by atoms with van der Waals surface area (Å²) in [5.74, 6) is -0.450. The second kappa shape index (κ2) is 9.66. The molecule has 1 saturated heterocycles. The van der Waals surface area contributed by atoms with Crippen LogP contribution in [0.25, 0.3) is 10.9 Å². The highest BCUT2D eigenvalue weighted by molar-refractivity contribution is 5.85. The first-order chi connectivity index (χ1) is 17.5. The number of halogens is 3. The van der Waals surface area contributed by atoms with Gasteiger partial charge in [-0.2, -0.15) is 0 Å². The minimum atomic E-state index is -1.55. The lowest BCUT2D eigenvalue weighted by Crippen LogP contribution is -2.55. The fourth-order valence-corrected chi connectivity index (χ4v) is 6.01. The molecule has 2 aliphatic rings. The number of nitrogens with zero attached hydrogens (tertiary/aromatic N) is 2. The van der Waals surface area contributed by atoms with Gasteiger partial charge in [0.05, 0.1) is 6.04 Å². The number of alkyl halides is 1. The highest BCUT2D eigenvalue weighted by Crippen LogP contribution is 2.47. The summed E-state index contributed by atoms with van der Waals surface area (Å²) < 4.78 is 52.4. The average molecular weight is 514 g/mol. The fraction of sp³-hybridized carbons (Fsp3) is 0.533. The van der Waals surface area contributed by atoms with Crippen molar-refractivity contribution in [2.45, 2.75) is 64.7 Å². The molecule has 7 heteroatoms. The molecule has 5 rings (SSSR count). The molecule has 2 aromatic carbocycles. The molecule has 1 N–H and O–H groups in total. The molecule has 1 aromatic heterocycles. The number of hydrogen-bond acceptors (Lipinski definition) is 3. The van der Waals surface area contributed by atoms with E-state index in [0.717, 1.165) is 47.7 Å². The molecule has 200 valence electrons. The molecule has 1 atom stereocenters. The fourth-order valence-electron chi connectivity index (χ4n) is 6.01. The van der Waals surface area contributed by atoms with Crippen molar-refractivity contribution >= 4 is 10.9 Å². The lowest BCUT2D eigenvalue weighted by molar-refractivity contribution is 0.0150. The van der Waals surface area contributed by atoms with E-state index in [9.17, 15) is 0 Å². The van der Waals surface area contributed by atoms with E-state index in [4.69, 9.17) is 4.74 Å². The number of hydrogen-bond donors (Lipinski definition) is 1. The van der Waals surface area contributed by atoms with Gasteiger partial charge >= 0.3 is 0 Å². The summed E-state index contributed by atoms with van der Waals surface area (Å²) in [7, 11) is 0. The summed E-state index contributed by atoms with van der Waals surface area (Å²) in [4.78, 5) is 7.61. The molecule has 0 saturated carbocycles. The molecule has 2 aliphatic heterocycles. The smallest absolute Gasteiger partial charge is 0.135 e. The van der Waals surface area contributed by atoms with E-state index in [1.807, 2.05) is 43.0 Å². The summed E-state index contributed by atoms with van der Waals surface area (Å²) in [5.41, 5.74) is 0.491. The highest BCUT2D eigenvalue weighted by atomic mass is 19.1. The van der Waals surface area contributed by atoms with Crippen molar-refractivity contribution in [3.63, 3.8) is 0 Å². The van der Waals surface area contributed by atoms with Crippen LogP contribution in [-0.2, 0) is 6.42 Å². The maximum atomic E-state index is 15.8. The van der Waals surface area contributed by atoms with Crippen molar-refractivity contribution in [3.8, 4) is 5.75 Å². The highest BCUT2D eigenvalue weighted by Gasteiger charge is 2.46. The van der Waals surface area contributed by atoms with Gasteiger partial charge in [-0.05, 0) is 51.7 Å². The number of ether oxygens (including phenoxy) is 1. The van der Waals surface area contributed by atoms with Crippen LogP contribution in [0.2, 0.25) is 0 Å². The largest absolute Gasteiger partial charge is 0.492 e. The van der Waals surface area contributed by atoms with Crippen molar-refractivity contribution in [1.29, 1.82) is 0 Å². The first-order valence-electron chi connectivity index (χ1n) is 13.4. The molecule has 1 fully saturated rings. The van der Waals surface area contributed by atoms with E-state index < -0.39 is 28.9 Å². The third-order valence-electron chi connectivity index (χ3n) is 7.98. The Hall–Kier alpha value is -2.51. The number of rotatable bonds is 8. The molecular formula is C30H38F3N3O. The maximum Gasteiger partial charge on any atom is 0.135 e. The quantitative estimate of drug-likeness (QED) is 0.366. The van der Waals surface area contributed by atoms with Gasteiger partial charge in [0.2, 0.25) is 0 Å². The third-order valence-corrected chi connectivity index (χ3v) is 7.98. The van der Waals surface area contributed by atoms with Gasteiger partial charge in [0.15, 0.2) is 0 Å². The number of likely N-dealkylation sites (tertiary alicyclic amines) is 1. The van der Waals surface area contributed by atoms with Gasteiger partial charge in [-0.25, -0.2) is 13.2 Å². The SMILES string of the molecule is CCC1CN(CCOc2cc(F)c([C@H]3c4[nH]c5ccccc5c4CC(C)(C)N3CC(C)(C)F)c(F)c2)C1. The number of para-hydroxylation sites is 1. The molecule has 0 amide bonds. The monoisotopic (exact) mass is 513 g/mol. The van der Waals surface area contributed by atoms with Crippen LogP contribution in [0.5, 0.6) is 5.75 Å². The molecular weight excluding hydrogens is 475 g/mol. The number of benzene rings is 2. The topological polar surface area (TPSA) is 31.5 Å². The second-order valence-corrected chi connectivity index (χ2v) is 12.0. The Labute approximate surface area is 217 Å². The number of aromatic amines is 1. The van der Waals surface area contributed by atoms with Gasteiger partial charge in [-0.3, -0.25) is 9.80 Å². The molecule has 3 aromatic rings. The van der Waals surface area contributed by atoms with E-state index >= 15 is 13.2 Å². The minimum absolute atomic E-state index is 0.0329. The number of nitrogens with one attached hydrogen (secondary N) is 1. The van der Waals surface area contributed by atoms with Crippen molar-refractivity contribution in [3.05, 3.63) is 64.9 Å². The normalized spacial score (nSPS) is 20.7. The first-order valence-corrected chi connectivity index (χ1v) is 13.4. The van der Waals surface area contributed by atoms with E-state index in [2.05, 4.69) is 16.8 Å². The standard InChI is InChI=1S/C30H38F3N3O/c1-6-19-16-35(17-19)11-12-37-20-13-23(31)26(24(32)14-20)28-27-22(21-9-7-8-10-25(21)34-27)15-30(4,5)36(28)18-29(2,3)33/h7-10,13-14,19,28,34H,6,11-12,15-18H2,1-5H3/t28-/m0/s1. The van der Waals surface area contributed by atoms with Crippen LogP contribution in [0.15, 0.2) is 36.4 Å². The van der Waals surface area contributed by atoms with Crippen molar-refractivity contribution < 1.29 is 17.9 Å². The van der Waals surface area contributed by atoms with Gasteiger partial charge in [0.25, 0.3) is 0 Å². The summed E-state index contributed by atoms with van der Waals surface area (Å²) in [5, 5.41) is 1.03. The van der Waals surface area contributed by atoms with Crippen LogP contribution in [-0.4, -0.2) is 58.8 Å². The summed E-state index contributed by atoms with van der Waals surface area (Å²) in [6.45, 7) is 12.5. The lowest BCUT2D eigenvalue weighted by atomic mass is 9.80. The zero-order valence-electron chi connectivity index (χ0n) is 22.5.